The highest BCUT2D eigenvalue weighted by atomic mass is 19.1. The van der Waals surface area contributed by atoms with Crippen molar-refractivity contribution in [2.24, 2.45) is 0 Å². The Kier molecular flexibility index (Phi) is 4.22. The first-order chi connectivity index (χ1) is 11.7. The first-order valence-corrected chi connectivity index (χ1v) is 8.60. The lowest BCUT2D eigenvalue weighted by atomic mass is 10.0. The zero-order chi connectivity index (χ0) is 16.5. The maximum Gasteiger partial charge on any atom is 0.130 e. The van der Waals surface area contributed by atoms with E-state index in [1.54, 1.807) is 0 Å². The van der Waals surface area contributed by atoms with Crippen LogP contribution in [-0.2, 0) is 4.74 Å². The quantitative estimate of drug-likeness (QED) is 0.912. The van der Waals surface area contributed by atoms with Gasteiger partial charge in [-0.15, -0.1) is 0 Å². The SMILES string of the molecule is Fc1ccc(F)c([C@H]2CCCN2c2[nH]ncc2[C@H]2CCCCO2)c1. The smallest absolute Gasteiger partial charge is 0.130 e. The van der Waals surface area contributed by atoms with Gasteiger partial charge >= 0.3 is 0 Å². The molecule has 0 unspecified atom stereocenters. The molecule has 0 radical (unpaired) electrons. The van der Waals surface area contributed by atoms with Gasteiger partial charge in [-0.1, -0.05) is 0 Å². The molecular weight excluding hydrogens is 312 g/mol. The molecule has 4 rings (SSSR count). The number of benzene rings is 1. The number of hydrogen-bond donors (Lipinski definition) is 1. The van der Waals surface area contributed by atoms with E-state index >= 15 is 0 Å². The van der Waals surface area contributed by atoms with Gasteiger partial charge < -0.3 is 9.64 Å². The molecule has 2 aromatic rings. The molecule has 6 heteroatoms. The lowest BCUT2D eigenvalue weighted by molar-refractivity contribution is 0.0152. The van der Waals surface area contributed by atoms with E-state index in [9.17, 15) is 8.78 Å². The van der Waals surface area contributed by atoms with Crippen LogP contribution in [0, 0.1) is 11.6 Å². The van der Waals surface area contributed by atoms with E-state index in [1.807, 2.05) is 6.20 Å². The lowest BCUT2D eigenvalue weighted by Gasteiger charge is -2.29. The van der Waals surface area contributed by atoms with Gasteiger partial charge in [0.1, 0.15) is 17.5 Å². The van der Waals surface area contributed by atoms with Gasteiger partial charge in [0.2, 0.25) is 0 Å². The third-order valence-electron chi connectivity index (χ3n) is 5.03. The second kappa shape index (κ2) is 6.51. The van der Waals surface area contributed by atoms with E-state index in [4.69, 9.17) is 4.74 Å². The van der Waals surface area contributed by atoms with Gasteiger partial charge in [0.15, 0.2) is 0 Å². The summed E-state index contributed by atoms with van der Waals surface area (Å²) in [4.78, 5) is 2.11. The molecule has 2 aliphatic heterocycles. The van der Waals surface area contributed by atoms with Gasteiger partial charge in [-0.3, -0.25) is 5.10 Å². The fourth-order valence-corrected chi connectivity index (χ4v) is 3.87. The molecule has 2 saturated heterocycles. The van der Waals surface area contributed by atoms with Crippen LogP contribution in [0.4, 0.5) is 14.6 Å². The monoisotopic (exact) mass is 333 g/mol. The highest BCUT2D eigenvalue weighted by molar-refractivity contribution is 5.51. The first-order valence-electron chi connectivity index (χ1n) is 8.60. The molecule has 0 aliphatic carbocycles. The molecule has 3 heterocycles. The fourth-order valence-electron chi connectivity index (χ4n) is 3.87. The summed E-state index contributed by atoms with van der Waals surface area (Å²) < 4.78 is 33.7. The highest BCUT2D eigenvalue weighted by Crippen LogP contribution is 2.41. The Bertz CT molecular complexity index is 712. The molecule has 1 aromatic carbocycles. The molecular formula is C18H21F2N3O. The summed E-state index contributed by atoms with van der Waals surface area (Å²) in [5.74, 6) is 0.120. The molecule has 1 aromatic heterocycles. The van der Waals surface area contributed by atoms with Crippen molar-refractivity contribution in [3.05, 3.63) is 47.2 Å². The van der Waals surface area contributed by atoms with Crippen LogP contribution in [0.1, 0.15) is 55.4 Å². The van der Waals surface area contributed by atoms with Crippen LogP contribution in [0.25, 0.3) is 0 Å². The Labute approximate surface area is 139 Å². The predicted octanol–water partition coefficient (Wildman–Crippen LogP) is 4.27. The van der Waals surface area contributed by atoms with E-state index in [2.05, 4.69) is 15.1 Å². The number of H-pyrrole nitrogens is 1. The highest BCUT2D eigenvalue weighted by Gasteiger charge is 2.33. The van der Waals surface area contributed by atoms with Crippen molar-refractivity contribution in [2.45, 2.75) is 44.2 Å². The molecule has 1 N–H and O–H groups in total. The average Bonchev–Trinajstić information content (AvgIpc) is 3.26. The van der Waals surface area contributed by atoms with Crippen molar-refractivity contribution in [3.8, 4) is 0 Å². The number of hydrogen-bond acceptors (Lipinski definition) is 3. The number of nitrogens with zero attached hydrogens (tertiary/aromatic N) is 2. The summed E-state index contributed by atoms with van der Waals surface area (Å²) in [7, 11) is 0. The van der Waals surface area contributed by atoms with E-state index in [-0.39, 0.29) is 18.0 Å². The van der Waals surface area contributed by atoms with E-state index in [0.29, 0.717) is 5.56 Å². The molecule has 2 fully saturated rings. The summed E-state index contributed by atoms with van der Waals surface area (Å²) in [6.45, 7) is 1.56. The summed E-state index contributed by atoms with van der Waals surface area (Å²) in [5, 5.41) is 7.25. The molecule has 24 heavy (non-hydrogen) atoms. The van der Waals surface area contributed by atoms with Crippen molar-refractivity contribution in [3.63, 3.8) is 0 Å². The molecule has 2 aliphatic rings. The van der Waals surface area contributed by atoms with E-state index < -0.39 is 5.82 Å². The lowest BCUT2D eigenvalue weighted by Crippen LogP contribution is -2.26. The minimum atomic E-state index is -0.404. The topological polar surface area (TPSA) is 41.2 Å². The molecule has 128 valence electrons. The molecule has 2 atom stereocenters. The number of ether oxygens (including phenoxy) is 1. The van der Waals surface area contributed by atoms with Crippen molar-refractivity contribution < 1.29 is 13.5 Å². The van der Waals surface area contributed by atoms with Crippen LogP contribution >= 0.6 is 0 Å². The molecule has 0 amide bonds. The number of halogens is 2. The van der Waals surface area contributed by atoms with E-state index in [1.165, 1.54) is 12.1 Å². The standard InChI is InChI=1S/C18H21F2N3O/c19-12-6-7-15(20)13(10-12)16-4-3-8-23(16)18-14(11-21-22-18)17-5-1-2-9-24-17/h6-7,10-11,16-17H,1-5,8-9H2,(H,21,22)/t16-,17-/m1/s1. The van der Waals surface area contributed by atoms with Gasteiger partial charge in [0.05, 0.1) is 18.3 Å². The Hall–Kier alpha value is -1.95. The van der Waals surface area contributed by atoms with Crippen LogP contribution < -0.4 is 4.90 Å². The second-order valence-corrected chi connectivity index (χ2v) is 6.55. The maximum absolute atomic E-state index is 14.2. The minimum absolute atomic E-state index is 0.0334. The van der Waals surface area contributed by atoms with Gasteiger partial charge in [-0.25, -0.2) is 8.78 Å². The van der Waals surface area contributed by atoms with Gasteiger partial charge in [0, 0.05) is 24.3 Å². The zero-order valence-corrected chi connectivity index (χ0v) is 13.5. The third-order valence-corrected chi connectivity index (χ3v) is 5.03. The molecule has 4 nitrogen and oxygen atoms in total. The minimum Gasteiger partial charge on any atom is -0.373 e. The zero-order valence-electron chi connectivity index (χ0n) is 13.5. The third kappa shape index (κ3) is 2.79. The average molecular weight is 333 g/mol. The van der Waals surface area contributed by atoms with Crippen LogP contribution in [0.5, 0.6) is 0 Å². The van der Waals surface area contributed by atoms with Crippen molar-refractivity contribution in [1.29, 1.82) is 0 Å². The Morgan fingerprint density at radius 1 is 1.12 bits per heavy atom. The summed E-state index contributed by atoms with van der Waals surface area (Å²) in [5.41, 5.74) is 1.44. The Morgan fingerprint density at radius 3 is 2.88 bits per heavy atom. The van der Waals surface area contributed by atoms with Crippen LogP contribution in [0.3, 0.4) is 0 Å². The number of nitrogens with one attached hydrogen (secondary N) is 1. The van der Waals surface area contributed by atoms with Crippen molar-refractivity contribution in [2.75, 3.05) is 18.1 Å². The van der Waals surface area contributed by atoms with Gasteiger partial charge in [-0.2, -0.15) is 5.10 Å². The largest absolute Gasteiger partial charge is 0.373 e. The molecule has 0 bridgehead atoms. The van der Waals surface area contributed by atoms with Crippen molar-refractivity contribution in [1.82, 2.24) is 10.2 Å². The van der Waals surface area contributed by atoms with Crippen LogP contribution in [0.15, 0.2) is 24.4 Å². The van der Waals surface area contributed by atoms with Crippen LogP contribution in [0.2, 0.25) is 0 Å². The number of anilines is 1. The fraction of sp³-hybridized carbons (Fsp3) is 0.500. The normalized spacial score (nSPS) is 24.5. The number of aromatic nitrogens is 2. The predicted molar refractivity (Wildman–Crippen MR) is 86.8 cm³/mol. The summed E-state index contributed by atoms with van der Waals surface area (Å²) in [6.07, 6.45) is 6.77. The summed E-state index contributed by atoms with van der Waals surface area (Å²) in [6, 6.07) is 3.50. The van der Waals surface area contributed by atoms with Crippen LogP contribution in [-0.4, -0.2) is 23.3 Å². The molecule has 0 spiro atoms. The summed E-state index contributed by atoms with van der Waals surface area (Å²) >= 11 is 0. The van der Waals surface area contributed by atoms with E-state index in [0.717, 1.165) is 62.7 Å². The Balaban J connectivity index is 1.66. The second-order valence-electron chi connectivity index (χ2n) is 6.55. The maximum atomic E-state index is 14.2. The van der Waals surface area contributed by atoms with Gasteiger partial charge in [0.25, 0.3) is 0 Å². The van der Waals surface area contributed by atoms with Crippen molar-refractivity contribution >= 4 is 5.82 Å². The number of aromatic amines is 1. The number of rotatable bonds is 3. The first kappa shape index (κ1) is 15.6. The molecule has 0 saturated carbocycles. The Morgan fingerprint density at radius 2 is 2.04 bits per heavy atom. The van der Waals surface area contributed by atoms with Gasteiger partial charge in [-0.05, 0) is 50.3 Å².